The zero-order chi connectivity index (χ0) is 11.4. The van der Waals surface area contributed by atoms with E-state index in [1.54, 1.807) is 6.08 Å². The SMILES string of the molecule is C=CCC(O)C(/C(C)=C/C)C(C)(C)C. The van der Waals surface area contributed by atoms with Crippen LogP contribution in [0.1, 0.15) is 41.0 Å². The normalized spacial score (nSPS) is 17.7. The van der Waals surface area contributed by atoms with Gasteiger partial charge in [0.05, 0.1) is 6.10 Å². The molecule has 0 radical (unpaired) electrons. The molecule has 0 aliphatic heterocycles. The Morgan fingerprint density at radius 2 is 1.93 bits per heavy atom. The Hall–Kier alpha value is -0.560. The van der Waals surface area contributed by atoms with Crippen molar-refractivity contribution in [2.75, 3.05) is 0 Å². The average molecular weight is 196 g/mol. The lowest BCUT2D eigenvalue weighted by molar-refractivity contribution is 0.0671. The first-order chi connectivity index (χ1) is 6.34. The van der Waals surface area contributed by atoms with Gasteiger partial charge in [-0.25, -0.2) is 0 Å². The molecule has 0 aliphatic rings. The molecule has 2 unspecified atom stereocenters. The molecule has 0 amide bonds. The topological polar surface area (TPSA) is 20.2 Å². The summed E-state index contributed by atoms with van der Waals surface area (Å²) in [5.74, 6) is 0.213. The number of aliphatic hydroxyl groups is 1. The minimum atomic E-state index is -0.316. The van der Waals surface area contributed by atoms with Crippen molar-refractivity contribution in [2.24, 2.45) is 11.3 Å². The van der Waals surface area contributed by atoms with Crippen LogP contribution in [0.25, 0.3) is 0 Å². The molecule has 1 nitrogen and oxygen atoms in total. The van der Waals surface area contributed by atoms with Gasteiger partial charge >= 0.3 is 0 Å². The summed E-state index contributed by atoms with van der Waals surface area (Å²) in [7, 11) is 0. The predicted molar refractivity (Wildman–Crippen MR) is 63.2 cm³/mol. The summed E-state index contributed by atoms with van der Waals surface area (Å²) in [6.07, 6.45) is 4.21. The first kappa shape index (κ1) is 13.4. The Morgan fingerprint density at radius 3 is 2.21 bits per heavy atom. The van der Waals surface area contributed by atoms with E-state index in [4.69, 9.17) is 0 Å². The second kappa shape index (κ2) is 5.35. The minimum Gasteiger partial charge on any atom is -0.392 e. The molecule has 0 aromatic carbocycles. The number of aliphatic hydroxyl groups excluding tert-OH is 1. The summed E-state index contributed by atoms with van der Waals surface area (Å²) >= 11 is 0. The molecular weight excluding hydrogens is 172 g/mol. The first-order valence-corrected chi connectivity index (χ1v) is 5.26. The molecule has 0 aromatic heterocycles. The second-order valence-electron chi connectivity index (χ2n) is 4.97. The molecule has 0 fully saturated rings. The summed E-state index contributed by atoms with van der Waals surface area (Å²) in [6, 6.07) is 0. The molecule has 1 N–H and O–H groups in total. The quantitative estimate of drug-likeness (QED) is 0.682. The van der Waals surface area contributed by atoms with Crippen LogP contribution < -0.4 is 0 Å². The summed E-state index contributed by atoms with van der Waals surface area (Å²) in [4.78, 5) is 0. The maximum absolute atomic E-state index is 10.0. The largest absolute Gasteiger partial charge is 0.392 e. The summed E-state index contributed by atoms with van der Waals surface area (Å²) in [5, 5.41) is 10.0. The fourth-order valence-electron chi connectivity index (χ4n) is 2.05. The monoisotopic (exact) mass is 196 g/mol. The Balaban J connectivity index is 4.82. The third kappa shape index (κ3) is 3.67. The zero-order valence-electron chi connectivity index (χ0n) is 10.2. The highest BCUT2D eigenvalue weighted by molar-refractivity contribution is 5.09. The van der Waals surface area contributed by atoms with Crippen LogP contribution in [0, 0.1) is 11.3 Å². The van der Waals surface area contributed by atoms with E-state index < -0.39 is 0 Å². The maximum Gasteiger partial charge on any atom is 0.0644 e. The molecule has 0 heterocycles. The van der Waals surface area contributed by atoms with Crippen LogP contribution in [0.5, 0.6) is 0 Å². The van der Waals surface area contributed by atoms with Gasteiger partial charge in [0.25, 0.3) is 0 Å². The lowest BCUT2D eigenvalue weighted by Crippen LogP contribution is -2.32. The highest BCUT2D eigenvalue weighted by Gasteiger charge is 2.31. The van der Waals surface area contributed by atoms with Crippen LogP contribution in [-0.2, 0) is 0 Å². The molecule has 14 heavy (non-hydrogen) atoms. The second-order valence-corrected chi connectivity index (χ2v) is 4.97. The van der Waals surface area contributed by atoms with E-state index >= 15 is 0 Å². The van der Waals surface area contributed by atoms with Gasteiger partial charge in [0.1, 0.15) is 0 Å². The average Bonchev–Trinajstić information content (AvgIpc) is 2.02. The third-order valence-electron chi connectivity index (χ3n) is 2.67. The van der Waals surface area contributed by atoms with Crippen LogP contribution >= 0.6 is 0 Å². The molecule has 82 valence electrons. The Kier molecular flexibility index (Phi) is 5.14. The Bertz CT molecular complexity index is 208. The molecule has 2 atom stereocenters. The van der Waals surface area contributed by atoms with Gasteiger partial charge in [0, 0.05) is 5.92 Å². The van der Waals surface area contributed by atoms with E-state index in [-0.39, 0.29) is 17.4 Å². The maximum atomic E-state index is 10.0. The third-order valence-corrected chi connectivity index (χ3v) is 2.67. The molecule has 1 heteroatoms. The van der Waals surface area contributed by atoms with E-state index in [0.29, 0.717) is 6.42 Å². The van der Waals surface area contributed by atoms with Gasteiger partial charge in [-0.05, 0) is 25.7 Å². The van der Waals surface area contributed by atoms with Crippen molar-refractivity contribution in [3.8, 4) is 0 Å². The van der Waals surface area contributed by atoms with E-state index in [0.717, 1.165) is 0 Å². The highest BCUT2D eigenvalue weighted by Crippen LogP contribution is 2.35. The molecule has 0 saturated carbocycles. The number of allylic oxidation sites excluding steroid dienone is 1. The van der Waals surface area contributed by atoms with E-state index in [1.807, 2.05) is 6.92 Å². The Labute approximate surface area is 88.5 Å². The first-order valence-electron chi connectivity index (χ1n) is 5.26. The van der Waals surface area contributed by atoms with Crippen LogP contribution in [0.2, 0.25) is 0 Å². The Morgan fingerprint density at radius 1 is 1.43 bits per heavy atom. The van der Waals surface area contributed by atoms with Crippen molar-refractivity contribution in [1.29, 1.82) is 0 Å². The van der Waals surface area contributed by atoms with E-state index in [2.05, 4.69) is 40.3 Å². The molecule has 0 bridgehead atoms. The van der Waals surface area contributed by atoms with E-state index in [1.165, 1.54) is 5.57 Å². The molecule has 0 aromatic rings. The number of hydrogen-bond donors (Lipinski definition) is 1. The van der Waals surface area contributed by atoms with Crippen LogP contribution in [0.4, 0.5) is 0 Å². The van der Waals surface area contributed by atoms with Crippen LogP contribution in [0.15, 0.2) is 24.3 Å². The standard InChI is InChI=1S/C13H24O/c1-7-9-11(14)12(10(3)8-2)13(4,5)6/h7-8,11-12,14H,1,9H2,2-6H3/b10-8+. The molecule has 0 spiro atoms. The predicted octanol–water partition coefficient (Wildman–Crippen LogP) is 3.55. The van der Waals surface area contributed by atoms with Gasteiger partial charge in [0.15, 0.2) is 0 Å². The van der Waals surface area contributed by atoms with Crippen molar-refractivity contribution in [3.63, 3.8) is 0 Å². The lowest BCUT2D eigenvalue weighted by atomic mass is 9.72. The molecular formula is C13H24O. The van der Waals surface area contributed by atoms with Crippen molar-refractivity contribution in [1.82, 2.24) is 0 Å². The smallest absolute Gasteiger partial charge is 0.0644 e. The van der Waals surface area contributed by atoms with Gasteiger partial charge in [-0.3, -0.25) is 0 Å². The fourth-order valence-corrected chi connectivity index (χ4v) is 2.05. The number of rotatable bonds is 4. The summed E-state index contributed by atoms with van der Waals surface area (Å²) < 4.78 is 0. The van der Waals surface area contributed by atoms with Crippen molar-refractivity contribution in [3.05, 3.63) is 24.3 Å². The van der Waals surface area contributed by atoms with Crippen molar-refractivity contribution < 1.29 is 5.11 Å². The van der Waals surface area contributed by atoms with Gasteiger partial charge in [-0.2, -0.15) is 0 Å². The van der Waals surface area contributed by atoms with Crippen LogP contribution in [0.3, 0.4) is 0 Å². The highest BCUT2D eigenvalue weighted by atomic mass is 16.3. The molecule has 0 rings (SSSR count). The van der Waals surface area contributed by atoms with Crippen molar-refractivity contribution >= 4 is 0 Å². The van der Waals surface area contributed by atoms with Gasteiger partial charge in [-0.15, -0.1) is 6.58 Å². The van der Waals surface area contributed by atoms with Gasteiger partial charge < -0.3 is 5.11 Å². The van der Waals surface area contributed by atoms with Gasteiger partial charge in [-0.1, -0.05) is 38.5 Å². The van der Waals surface area contributed by atoms with Crippen LogP contribution in [-0.4, -0.2) is 11.2 Å². The summed E-state index contributed by atoms with van der Waals surface area (Å²) in [6.45, 7) is 14.3. The lowest BCUT2D eigenvalue weighted by Gasteiger charge is -2.35. The van der Waals surface area contributed by atoms with Gasteiger partial charge in [0.2, 0.25) is 0 Å². The van der Waals surface area contributed by atoms with Crippen molar-refractivity contribution in [2.45, 2.75) is 47.1 Å². The molecule has 0 aliphatic carbocycles. The fraction of sp³-hybridized carbons (Fsp3) is 0.692. The summed E-state index contributed by atoms with van der Waals surface area (Å²) in [5.41, 5.74) is 1.35. The minimum absolute atomic E-state index is 0.0962. The number of hydrogen-bond acceptors (Lipinski definition) is 1. The van der Waals surface area contributed by atoms with E-state index in [9.17, 15) is 5.11 Å². The molecule has 0 saturated heterocycles. The zero-order valence-corrected chi connectivity index (χ0v) is 10.2.